The number of benzene rings is 1. The van der Waals surface area contributed by atoms with E-state index in [1.165, 1.54) is 12.1 Å². The van der Waals surface area contributed by atoms with E-state index in [0.717, 1.165) is 6.07 Å². The molecule has 0 aliphatic heterocycles. The van der Waals surface area contributed by atoms with Gasteiger partial charge in [-0.25, -0.2) is 0 Å². The van der Waals surface area contributed by atoms with E-state index in [9.17, 15) is 20.0 Å². The first kappa shape index (κ1) is 13.4. The third kappa shape index (κ3) is 3.42. The number of rotatable bonds is 4. The summed E-state index contributed by atoms with van der Waals surface area (Å²) in [4.78, 5) is 21.0. The molecule has 0 saturated carbocycles. The van der Waals surface area contributed by atoms with Crippen molar-refractivity contribution in [2.45, 2.75) is 18.2 Å². The lowest BCUT2D eigenvalue weighted by atomic mass is 10.2. The number of aromatic hydroxyl groups is 1. The summed E-state index contributed by atoms with van der Waals surface area (Å²) in [5.74, 6) is -0.639. The summed E-state index contributed by atoms with van der Waals surface area (Å²) >= 11 is 3.16. The molecule has 6 nitrogen and oxygen atoms in total. The number of amides is 1. The number of alkyl halides is 1. The number of nitro benzene ring substituents is 1. The molecule has 0 bridgehead atoms. The Balaban J connectivity index is 2.86. The van der Waals surface area contributed by atoms with E-state index in [2.05, 4.69) is 21.2 Å². The van der Waals surface area contributed by atoms with E-state index in [0.29, 0.717) is 6.42 Å². The van der Waals surface area contributed by atoms with Crippen LogP contribution in [0.4, 0.5) is 11.4 Å². The quantitative estimate of drug-likeness (QED) is 0.386. The van der Waals surface area contributed by atoms with Gasteiger partial charge in [-0.3, -0.25) is 14.9 Å². The largest absolute Gasteiger partial charge is 0.506 e. The van der Waals surface area contributed by atoms with Crippen LogP contribution in [0.25, 0.3) is 0 Å². The highest BCUT2D eigenvalue weighted by molar-refractivity contribution is 9.10. The van der Waals surface area contributed by atoms with E-state index in [1.54, 1.807) is 0 Å². The van der Waals surface area contributed by atoms with Crippen molar-refractivity contribution in [3.63, 3.8) is 0 Å². The predicted molar refractivity (Wildman–Crippen MR) is 66.4 cm³/mol. The molecule has 1 unspecified atom stereocenters. The average molecular weight is 303 g/mol. The molecule has 0 aliphatic rings. The molecule has 0 spiro atoms. The Bertz CT molecular complexity index is 450. The Kier molecular flexibility index (Phi) is 4.45. The molecule has 1 aromatic rings. The van der Waals surface area contributed by atoms with Gasteiger partial charge in [0.25, 0.3) is 5.69 Å². The number of non-ortho nitro benzene ring substituents is 1. The molecule has 0 heterocycles. The summed E-state index contributed by atoms with van der Waals surface area (Å²) in [5, 5.41) is 22.4. The Hall–Kier alpha value is -1.63. The van der Waals surface area contributed by atoms with E-state index in [4.69, 9.17) is 0 Å². The van der Waals surface area contributed by atoms with Gasteiger partial charge in [-0.15, -0.1) is 0 Å². The Morgan fingerprint density at radius 1 is 1.65 bits per heavy atom. The molecule has 1 atom stereocenters. The third-order valence-electron chi connectivity index (χ3n) is 2.09. The summed E-state index contributed by atoms with van der Waals surface area (Å²) in [6.07, 6.45) is 0.597. The molecule has 1 rings (SSSR count). The minimum atomic E-state index is -0.620. The summed E-state index contributed by atoms with van der Waals surface area (Å²) in [6.45, 7) is 1.83. The second-order valence-electron chi connectivity index (χ2n) is 3.32. The number of hydrogen-bond donors (Lipinski definition) is 2. The highest BCUT2D eigenvalue weighted by atomic mass is 79.9. The molecule has 0 saturated heterocycles. The first-order valence-electron chi connectivity index (χ1n) is 4.88. The number of hydrogen-bond acceptors (Lipinski definition) is 4. The van der Waals surface area contributed by atoms with Crippen molar-refractivity contribution in [3.05, 3.63) is 28.3 Å². The molecule has 2 N–H and O–H groups in total. The van der Waals surface area contributed by atoms with Crippen molar-refractivity contribution >= 4 is 33.2 Å². The fourth-order valence-corrected chi connectivity index (χ4v) is 1.25. The molecule has 0 fully saturated rings. The summed E-state index contributed by atoms with van der Waals surface area (Å²) in [7, 11) is 0. The summed E-state index contributed by atoms with van der Waals surface area (Å²) in [6, 6.07) is 3.50. The van der Waals surface area contributed by atoms with Crippen LogP contribution in [0.5, 0.6) is 5.75 Å². The zero-order chi connectivity index (χ0) is 13.0. The molecule has 1 aromatic carbocycles. The van der Waals surface area contributed by atoms with Crippen LogP contribution in [0, 0.1) is 10.1 Å². The molecular formula is C10H11BrN2O4. The average Bonchev–Trinajstić information content (AvgIpc) is 2.30. The minimum Gasteiger partial charge on any atom is -0.506 e. The Labute approximate surface area is 106 Å². The molecule has 0 aliphatic carbocycles. The topological polar surface area (TPSA) is 92.5 Å². The van der Waals surface area contributed by atoms with Crippen LogP contribution >= 0.6 is 15.9 Å². The maximum atomic E-state index is 11.5. The fraction of sp³-hybridized carbons (Fsp3) is 0.300. The number of anilines is 1. The SMILES string of the molecule is CCC(Br)C(=O)Nc1ccc([N+](=O)[O-])cc1O. The van der Waals surface area contributed by atoms with Crippen LogP contribution in [0.15, 0.2) is 18.2 Å². The second kappa shape index (κ2) is 5.62. The second-order valence-corrected chi connectivity index (χ2v) is 4.43. The van der Waals surface area contributed by atoms with Gasteiger partial charge in [-0.2, -0.15) is 0 Å². The van der Waals surface area contributed by atoms with Gasteiger partial charge in [0, 0.05) is 6.07 Å². The van der Waals surface area contributed by atoms with Gasteiger partial charge >= 0.3 is 0 Å². The minimum absolute atomic E-state index is 0.151. The third-order valence-corrected chi connectivity index (χ3v) is 3.16. The first-order valence-corrected chi connectivity index (χ1v) is 5.79. The molecule has 0 radical (unpaired) electrons. The predicted octanol–water partition coefficient (Wildman–Crippen LogP) is 2.41. The number of phenolic OH excluding ortho intramolecular Hbond substituents is 1. The van der Waals surface area contributed by atoms with Crippen molar-refractivity contribution in [2.24, 2.45) is 0 Å². The van der Waals surface area contributed by atoms with E-state index in [1.807, 2.05) is 6.92 Å². The van der Waals surface area contributed by atoms with Crippen LogP contribution in [0.1, 0.15) is 13.3 Å². The number of phenols is 1. The first-order chi connectivity index (χ1) is 7.95. The molecular weight excluding hydrogens is 292 g/mol. The fourth-order valence-electron chi connectivity index (χ4n) is 1.14. The molecule has 92 valence electrons. The number of nitrogens with zero attached hydrogens (tertiary/aromatic N) is 1. The van der Waals surface area contributed by atoms with E-state index >= 15 is 0 Å². The number of nitro groups is 1. The van der Waals surface area contributed by atoms with Crippen LogP contribution in [-0.2, 0) is 4.79 Å². The van der Waals surface area contributed by atoms with Crippen molar-refractivity contribution in [1.82, 2.24) is 0 Å². The van der Waals surface area contributed by atoms with Crippen LogP contribution in [-0.4, -0.2) is 20.8 Å². The molecule has 17 heavy (non-hydrogen) atoms. The molecule has 1 amide bonds. The van der Waals surface area contributed by atoms with Crippen molar-refractivity contribution < 1.29 is 14.8 Å². The van der Waals surface area contributed by atoms with Crippen molar-refractivity contribution in [2.75, 3.05) is 5.32 Å². The highest BCUT2D eigenvalue weighted by Crippen LogP contribution is 2.28. The zero-order valence-corrected chi connectivity index (χ0v) is 10.6. The van der Waals surface area contributed by atoms with Gasteiger partial charge in [0.2, 0.25) is 5.91 Å². The van der Waals surface area contributed by atoms with Gasteiger partial charge in [0.15, 0.2) is 0 Å². The summed E-state index contributed by atoms with van der Waals surface area (Å²) < 4.78 is 0. The zero-order valence-electron chi connectivity index (χ0n) is 9.01. The standard InChI is InChI=1S/C10H11BrN2O4/c1-2-7(11)10(15)12-8-4-3-6(13(16)17)5-9(8)14/h3-5,7,14H,2H2,1H3,(H,12,15). The maximum absolute atomic E-state index is 11.5. The van der Waals surface area contributed by atoms with Crippen LogP contribution in [0.3, 0.4) is 0 Å². The van der Waals surface area contributed by atoms with Crippen LogP contribution < -0.4 is 5.32 Å². The number of carbonyl (C=O) groups excluding carboxylic acids is 1. The molecule has 0 aromatic heterocycles. The smallest absolute Gasteiger partial charge is 0.273 e. The van der Waals surface area contributed by atoms with Crippen LogP contribution in [0.2, 0.25) is 0 Å². The lowest BCUT2D eigenvalue weighted by Crippen LogP contribution is -2.21. The van der Waals surface area contributed by atoms with Crippen molar-refractivity contribution in [1.29, 1.82) is 0 Å². The number of nitrogens with one attached hydrogen (secondary N) is 1. The Morgan fingerprint density at radius 2 is 2.29 bits per heavy atom. The number of halogens is 1. The van der Waals surface area contributed by atoms with Gasteiger partial charge in [-0.05, 0) is 12.5 Å². The normalized spacial score (nSPS) is 11.9. The lowest BCUT2D eigenvalue weighted by molar-refractivity contribution is -0.384. The van der Waals surface area contributed by atoms with Gasteiger partial charge in [0.05, 0.1) is 21.5 Å². The van der Waals surface area contributed by atoms with E-state index < -0.39 is 4.92 Å². The lowest BCUT2D eigenvalue weighted by Gasteiger charge is -2.09. The van der Waals surface area contributed by atoms with Gasteiger partial charge < -0.3 is 10.4 Å². The highest BCUT2D eigenvalue weighted by Gasteiger charge is 2.16. The molecule has 7 heteroatoms. The Morgan fingerprint density at radius 3 is 2.76 bits per heavy atom. The van der Waals surface area contributed by atoms with Gasteiger partial charge in [-0.1, -0.05) is 22.9 Å². The maximum Gasteiger partial charge on any atom is 0.273 e. The van der Waals surface area contributed by atoms with E-state index in [-0.39, 0.29) is 27.9 Å². The summed E-state index contributed by atoms with van der Waals surface area (Å²) in [5.41, 5.74) is -0.0788. The van der Waals surface area contributed by atoms with Gasteiger partial charge in [0.1, 0.15) is 5.75 Å². The van der Waals surface area contributed by atoms with Crippen molar-refractivity contribution in [3.8, 4) is 5.75 Å². The monoisotopic (exact) mass is 302 g/mol. The number of carbonyl (C=O) groups is 1.